The maximum atomic E-state index is 12.9. The molecule has 0 saturated carbocycles. The average Bonchev–Trinajstić information content (AvgIpc) is 3.06. The van der Waals surface area contributed by atoms with E-state index >= 15 is 0 Å². The summed E-state index contributed by atoms with van der Waals surface area (Å²) in [5, 5.41) is 6.65. The summed E-state index contributed by atoms with van der Waals surface area (Å²) in [4.78, 5) is 16.3. The van der Waals surface area contributed by atoms with Crippen LogP contribution in [0.1, 0.15) is 29.2 Å². The number of nitrogens with zero attached hydrogens (tertiary/aromatic N) is 2. The van der Waals surface area contributed by atoms with Crippen LogP contribution in [0.15, 0.2) is 59.1 Å². The summed E-state index contributed by atoms with van der Waals surface area (Å²) in [7, 11) is 0. The average molecular weight is 311 g/mol. The van der Waals surface area contributed by atoms with E-state index < -0.39 is 6.04 Å². The molecule has 3 rings (SSSR count). The van der Waals surface area contributed by atoms with Gasteiger partial charge in [0.25, 0.3) is 5.91 Å². The molecule has 3 aromatic rings. The van der Waals surface area contributed by atoms with Gasteiger partial charge in [-0.05, 0) is 43.3 Å². The summed E-state index contributed by atoms with van der Waals surface area (Å²) in [6.07, 6.45) is 0. The van der Waals surface area contributed by atoms with E-state index in [1.165, 1.54) is 12.1 Å². The van der Waals surface area contributed by atoms with Crippen molar-refractivity contribution in [1.82, 2.24) is 15.5 Å². The van der Waals surface area contributed by atoms with Gasteiger partial charge in [-0.1, -0.05) is 23.4 Å². The molecule has 116 valence electrons. The van der Waals surface area contributed by atoms with E-state index in [-0.39, 0.29) is 17.6 Å². The van der Waals surface area contributed by atoms with Crippen molar-refractivity contribution in [3.8, 4) is 11.4 Å². The molecule has 23 heavy (non-hydrogen) atoms. The Kier molecular flexibility index (Phi) is 4.14. The van der Waals surface area contributed by atoms with Gasteiger partial charge in [-0.3, -0.25) is 4.79 Å². The number of aromatic nitrogens is 2. The van der Waals surface area contributed by atoms with Crippen LogP contribution in [0, 0.1) is 5.82 Å². The van der Waals surface area contributed by atoms with Gasteiger partial charge in [0.1, 0.15) is 11.9 Å². The van der Waals surface area contributed by atoms with E-state index in [1.54, 1.807) is 43.3 Å². The lowest BCUT2D eigenvalue weighted by Crippen LogP contribution is -2.26. The number of halogens is 1. The fourth-order valence-corrected chi connectivity index (χ4v) is 2.06. The zero-order valence-electron chi connectivity index (χ0n) is 12.4. The summed E-state index contributed by atoms with van der Waals surface area (Å²) in [6, 6.07) is 14.2. The topological polar surface area (TPSA) is 68.0 Å². The first-order chi connectivity index (χ1) is 11.1. The van der Waals surface area contributed by atoms with E-state index in [1.807, 2.05) is 6.07 Å². The van der Waals surface area contributed by atoms with Crippen molar-refractivity contribution < 1.29 is 13.7 Å². The molecule has 0 aliphatic heterocycles. The van der Waals surface area contributed by atoms with E-state index in [9.17, 15) is 9.18 Å². The zero-order chi connectivity index (χ0) is 16.2. The molecule has 1 N–H and O–H groups in total. The summed E-state index contributed by atoms with van der Waals surface area (Å²) in [6.45, 7) is 1.75. The van der Waals surface area contributed by atoms with Gasteiger partial charge in [0, 0.05) is 11.1 Å². The first-order valence-corrected chi connectivity index (χ1v) is 7.09. The molecule has 1 atom stereocenters. The van der Waals surface area contributed by atoms with Crippen LogP contribution < -0.4 is 5.32 Å². The third kappa shape index (κ3) is 3.42. The molecular formula is C17H14FN3O2. The van der Waals surface area contributed by atoms with Gasteiger partial charge < -0.3 is 9.84 Å². The second-order valence-corrected chi connectivity index (χ2v) is 5.02. The molecule has 5 nitrogen and oxygen atoms in total. The van der Waals surface area contributed by atoms with Crippen LogP contribution in [0.3, 0.4) is 0 Å². The van der Waals surface area contributed by atoms with E-state index in [4.69, 9.17) is 4.52 Å². The highest BCUT2D eigenvalue weighted by Crippen LogP contribution is 2.19. The molecule has 1 heterocycles. The number of rotatable bonds is 4. The minimum atomic E-state index is -0.440. The molecule has 0 aliphatic rings. The van der Waals surface area contributed by atoms with E-state index in [2.05, 4.69) is 15.5 Å². The van der Waals surface area contributed by atoms with E-state index in [0.29, 0.717) is 17.0 Å². The highest BCUT2D eigenvalue weighted by molar-refractivity contribution is 5.94. The number of amides is 1. The third-order valence-corrected chi connectivity index (χ3v) is 3.30. The van der Waals surface area contributed by atoms with Crippen LogP contribution in [0.5, 0.6) is 0 Å². The second kappa shape index (κ2) is 6.39. The molecule has 0 spiro atoms. The predicted molar refractivity (Wildman–Crippen MR) is 82.0 cm³/mol. The number of hydrogen-bond donors (Lipinski definition) is 1. The van der Waals surface area contributed by atoms with Gasteiger partial charge in [-0.15, -0.1) is 0 Å². The van der Waals surface area contributed by atoms with Gasteiger partial charge in [0.15, 0.2) is 0 Å². The monoisotopic (exact) mass is 311 g/mol. The summed E-state index contributed by atoms with van der Waals surface area (Å²) < 4.78 is 18.1. The maximum Gasteiger partial charge on any atom is 0.251 e. The number of hydrogen-bond acceptors (Lipinski definition) is 4. The van der Waals surface area contributed by atoms with Crippen LogP contribution in [0.2, 0.25) is 0 Å². The second-order valence-electron chi connectivity index (χ2n) is 5.02. The van der Waals surface area contributed by atoms with Gasteiger partial charge in [-0.25, -0.2) is 4.39 Å². The zero-order valence-corrected chi connectivity index (χ0v) is 12.4. The van der Waals surface area contributed by atoms with Gasteiger partial charge in [0.05, 0.1) is 0 Å². The lowest BCUT2D eigenvalue weighted by molar-refractivity contribution is 0.0932. The Balaban J connectivity index is 1.72. The Bertz CT molecular complexity index is 800. The number of benzene rings is 2. The maximum absolute atomic E-state index is 12.9. The van der Waals surface area contributed by atoms with Crippen LogP contribution in [0.25, 0.3) is 11.4 Å². The fraction of sp³-hybridized carbons (Fsp3) is 0.118. The Morgan fingerprint density at radius 1 is 1.13 bits per heavy atom. The molecule has 0 saturated heterocycles. The normalized spacial score (nSPS) is 11.9. The Hall–Kier alpha value is -3.02. The predicted octanol–water partition coefficient (Wildman–Crippen LogP) is 3.37. The van der Waals surface area contributed by atoms with Crippen molar-refractivity contribution in [3.63, 3.8) is 0 Å². The molecule has 0 bridgehead atoms. The van der Waals surface area contributed by atoms with Crippen LogP contribution in [-0.2, 0) is 0 Å². The van der Waals surface area contributed by atoms with Crippen molar-refractivity contribution in [3.05, 3.63) is 71.9 Å². The minimum Gasteiger partial charge on any atom is -0.341 e. The van der Waals surface area contributed by atoms with Crippen LogP contribution >= 0.6 is 0 Å². The number of carbonyl (C=O) groups is 1. The van der Waals surface area contributed by atoms with Crippen molar-refractivity contribution >= 4 is 5.91 Å². The smallest absolute Gasteiger partial charge is 0.251 e. The third-order valence-electron chi connectivity index (χ3n) is 3.30. The molecule has 0 radical (unpaired) electrons. The number of carbonyl (C=O) groups excluding carboxylic acids is 1. The largest absolute Gasteiger partial charge is 0.341 e. The molecule has 0 aliphatic carbocycles. The molecular weight excluding hydrogens is 297 g/mol. The summed E-state index contributed by atoms with van der Waals surface area (Å²) >= 11 is 0. The minimum absolute atomic E-state index is 0.223. The standard InChI is InChI=1S/C17H14FN3O2/c1-11(19-16(22)13-5-3-2-4-6-13)17-20-15(21-23-17)12-7-9-14(18)10-8-12/h2-11H,1H3,(H,19,22). The first kappa shape index (κ1) is 14.9. The Labute approximate surface area is 132 Å². The van der Waals surface area contributed by atoms with Crippen molar-refractivity contribution in [2.45, 2.75) is 13.0 Å². The molecule has 2 aromatic carbocycles. The highest BCUT2D eigenvalue weighted by Gasteiger charge is 2.18. The molecule has 1 unspecified atom stereocenters. The van der Waals surface area contributed by atoms with Gasteiger partial charge in [0.2, 0.25) is 11.7 Å². The summed E-state index contributed by atoms with van der Waals surface area (Å²) in [5.74, 6) is 0.0787. The number of nitrogens with one attached hydrogen (secondary N) is 1. The van der Waals surface area contributed by atoms with Crippen LogP contribution in [0.4, 0.5) is 4.39 Å². The van der Waals surface area contributed by atoms with E-state index in [0.717, 1.165) is 0 Å². The molecule has 0 fully saturated rings. The van der Waals surface area contributed by atoms with Crippen molar-refractivity contribution in [2.24, 2.45) is 0 Å². The Morgan fingerprint density at radius 3 is 2.52 bits per heavy atom. The van der Waals surface area contributed by atoms with Gasteiger partial charge in [-0.2, -0.15) is 4.98 Å². The van der Waals surface area contributed by atoms with Crippen molar-refractivity contribution in [2.75, 3.05) is 0 Å². The van der Waals surface area contributed by atoms with Crippen LogP contribution in [-0.4, -0.2) is 16.0 Å². The lowest BCUT2D eigenvalue weighted by atomic mass is 10.2. The highest BCUT2D eigenvalue weighted by atomic mass is 19.1. The molecule has 6 heteroatoms. The quantitative estimate of drug-likeness (QED) is 0.802. The Morgan fingerprint density at radius 2 is 1.83 bits per heavy atom. The molecule has 1 aromatic heterocycles. The molecule has 1 amide bonds. The fourth-order valence-electron chi connectivity index (χ4n) is 2.06. The summed E-state index contributed by atoms with van der Waals surface area (Å²) in [5.41, 5.74) is 1.20. The van der Waals surface area contributed by atoms with Crippen molar-refractivity contribution in [1.29, 1.82) is 0 Å². The first-order valence-electron chi connectivity index (χ1n) is 7.09. The lowest BCUT2D eigenvalue weighted by Gasteiger charge is -2.09. The van der Waals surface area contributed by atoms with Gasteiger partial charge >= 0.3 is 0 Å². The SMILES string of the molecule is CC(NC(=O)c1ccccc1)c1nc(-c2ccc(F)cc2)no1.